The molecule has 3 aromatic carbocycles. The molecule has 0 aliphatic rings. The zero-order valence-electron chi connectivity index (χ0n) is 27.7. The number of aromatic nitrogens is 2. The monoisotopic (exact) mass is 861 g/mol. The number of sulfonamides is 1. The van der Waals surface area contributed by atoms with Crippen LogP contribution < -0.4 is 42.4 Å². The number of hydrogen-bond acceptors (Lipinski definition) is 9. The third-order valence-corrected chi connectivity index (χ3v) is 8.26. The molecule has 0 fully saturated rings. The van der Waals surface area contributed by atoms with Crippen molar-refractivity contribution in [2.24, 2.45) is 0 Å². The van der Waals surface area contributed by atoms with E-state index in [1.807, 2.05) is 0 Å². The molecule has 20 heteroatoms. The molecular weight excluding hydrogens is 823 g/mol. The van der Waals surface area contributed by atoms with Gasteiger partial charge in [-0.15, -0.1) is 0 Å². The first-order valence-electron chi connectivity index (χ1n) is 15.5. The first-order chi connectivity index (χ1) is 24.4. The van der Waals surface area contributed by atoms with Crippen molar-refractivity contribution in [2.45, 2.75) is 30.6 Å². The molecule has 1 aromatic heterocycles. The Labute approximate surface area is 328 Å². The van der Waals surface area contributed by atoms with Crippen LogP contribution in [0.4, 0.5) is 23.0 Å². The zero-order chi connectivity index (χ0) is 37.1. The maximum Gasteiger partial charge on any atom is 0.264 e. The van der Waals surface area contributed by atoms with Crippen LogP contribution in [0.15, 0.2) is 96.2 Å². The smallest absolute Gasteiger partial charge is 0.264 e. The van der Waals surface area contributed by atoms with Crippen LogP contribution in [0, 0.1) is 21.6 Å². The van der Waals surface area contributed by atoms with Crippen LogP contribution in [-0.4, -0.2) is 55.3 Å². The van der Waals surface area contributed by atoms with E-state index in [1.165, 1.54) is 36.7 Å². The van der Waals surface area contributed by atoms with Crippen molar-refractivity contribution in [3.63, 3.8) is 0 Å². The number of halogens is 2. The first kappa shape index (κ1) is 43.3. The molecule has 0 unspecified atom stereocenters. The quantitative estimate of drug-likeness (QED) is 0.0295. The average molecular weight is 864 g/mol. The maximum absolute atomic E-state index is 11.9. The number of nitrogens with one attached hydrogen (secondary N) is 11. The molecule has 0 spiro atoms. The average Bonchev–Trinajstić information content (AvgIpc) is 3.08. The van der Waals surface area contributed by atoms with E-state index < -0.39 is 10.0 Å². The zero-order valence-corrected chi connectivity index (χ0v) is 31.5. The summed E-state index contributed by atoms with van der Waals surface area (Å²) in [5.74, 6) is 0.144. The minimum Gasteiger partial charge on any atom is -0.399 e. The van der Waals surface area contributed by atoms with Gasteiger partial charge in [0.15, 0.2) is 23.8 Å². The number of unbranched alkanes of at least 4 members (excludes halogenated alkanes) is 3. The molecule has 4 rings (SSSR count). The summed E-state index contributed by atoms with van der Waals surface area (Å²) in [4.78, 5) is 7.67. The van der Waals surface area contributed by atoms with Crippen LogP contribution in [0.25, 0.3) is 0 Å². The van der Waals surface area contributed by atoms with Gasteiger partial charge in [0.2, 0.25) is 5.95 Å². The SMILES string of the molecule is N=C(NCCCCCCNC(=N)NC(=N)Nc1ccc(Cl)cc1)NC(=N)Nc1ccc(Cl)cc1.Nc1ccc(S(=O)(=O)Nc2ncccn2)cc1.[Ag]. The molecule has 52 heavy (non-hydrogen) atoms. The van der Waals surface area contributed by atoms with Crippen LogP contribution in [-0.2, 0) is 32.4 Å². The number of guanidine groups is 4. The van der Waals surface area contributed by atoms with Gasteiger partial charge in [-0.05, 0) is 91.7 Å². The van der Waals surface area contributed by atoms with Crippen LogP contribution in [0.2, 0.25) is 10.0 Å². The van der Waals surface area contributed by atoms with E-state index in [1.54, 1.807) is 54.6 Å². The Hall–Kier alpha value is -4.91. The van der Waals surface area contributed by atoms with Crippen molar-refractivity contribution < 1.29 is 30.8 Å². The van der Waals surface area contributed by atoms with E-state index in [4.69, 9.17) is 50.6 Å². The van der Waals surface area contributed by atoms with Gasteiger partial charge < -0.3 is 27.0 Å². The Morgan fingerprint density at radius 1 is 0.635 bits per heavy atom. The fourth-order valence-corrected chi connectivity index (χ4v) is 5.17. The molecule has 1 radical (unpaired) electrons. The summed E-state index contributed by atoms with van der Waals surface area (Å²) in [6.07, 6.45) is 6.61. The van der Waals surface area contributed by atoms with Gasteiger partial charge in [0, 0.05) is 75.0 Å². The molecule has 16 nitrogen and oxygen atoms in total. The second kappa shape index (κ2) is 22.8. The normalized spacial score (nSPS) is 10.2. The third kappa shape index (κ3) is 17.3. The summed E-state index contributed by atoms with van der Waals surface area (Å²) in [5, 5.41) is 49.5. The molecule has 0 bridgehead atoms. The minimum absolute atomic E-state index is 0. The van der Waals surface area contributed by atoms with Crippen molar-refractivity contribution in [3.8, 4) is 0 Å². The second-order valence-electron chi connectivity index (χ2n) is 10.5. The van der Waals surface area contributed by atoms with Gasteiger partial charge in [-0.25, -0.2) is 23.1 Å². The Kier molecular flexibility index (Phi) is 19.0. The molecule has 4 aromatic rings. The molecule has 0 saturated carbocycles. The van der Waals surface area contributed by atoms with Gasteiger partial charge in [0.1, 0.15) is 0 Å². The van der Waals surface area contributed by atoms with Crippen molar-refractivity contribution in [3.05, 3.63) is 101 Å². The molecule has 0 aliphatic heterocycles. The van der Waals surface area contributed by atoms with Gasteiger partial charge in [0.25, 0.3) is 10.0 Å². The van der Waals surface area contributed by atoms with Crippen molar-refractivity contribution >= 4 is 80.1 Å². The molecule has 13 N–H and O–H groups in total. The number of anilines is 4. The Bertz CT molecular complexity index is 1760. The standard InChI is InChI=1S/C22H30Cl2N10.C10H10N4O2S.Ag/c23-15-5-9-17(10-6-15)31-21(27)33-19(25)29-13-3-1-2-4-14-30-20(26)34-22(28)32-18-11-7-16(24)8-12-18;11-8-2-4-9(5-3-8)17(15,16)14-10-12-6-1-7-13-10;/h5-12H,1-4,13-14H2,(H5,25,27,29,31,33)(H5,26,28,30,32,34);1-7H,11H2,(H,12,13,14);. The van der Waals surface area contributed by atoms with Crippen LogP contribution in [0.1, 0.15) is 25.7 Å². The van der Waals surface area contributed by atoms with E-state index >= 15 is 0 Å². The van der Waals surface area contributed by atoms with E-state index in [-0.39, 0.29) is 57.1 Å². The molecule has 0 atom stereocenters. The summed E-state index contributed by atoms with van der Waals surface area (Å²) in [6, 6.07) is 21.4. The summed E-state index contributed by atoms with van der Waals surface area (Å²) in [6.45, 7) is 1.25. The van der Waals surface area contributed by atoms with Gasteiger partial charge in [0.05, 0.1) is 4.90 Å². The number of rotatable bonds is 12. The van der Waals surface area contributed by atoms with E-state index in [0.29, 0.717) is 40.2 Å². The summed E-state index contributed by atoms with van der Waals surface area (Å²) in [5.41, 5.74) is 7.40. The summed E-state index contributed by atoms with van der Waals surface area (Å²) in [7, 11) is -3.66. The molecule has 0 aliphatic carbocycles. The third-order valence-electron chi connectivity index (χ3n) is 6.42. The van der Waals surface area contributed by atoms with Crippen LogP contribution in [0.5, 0.6) is 0 Å². The van der Waals surface area contributed by atoms with Gasteiger partial charge in [-0.2, -0.15) is 0 Å². The van der Waals surface area contributed by atoms with Crippen molar-refractivity contribution in [1.82, 2.24) is 31.2 Å². The van der Waals surface area contributed by atoms with Crippen LogP contribution in [0.3, 0.4) is 0 Å². The maximum atomic E-state index is 11.9. The van der Waals surface area contributed by atoms with Gasteiger partial charge >= 0.3 is 0 Å². The number of benzene rings is 3. The van der Waals surface area contributed by atoms with Crippen molar-refractivity contribution in [2.75, 3.05) is 34.2 Å². The van der Waals surface area contributed by atoms with E-state index in [9.17, 15) is 8.42 Å². The molecular formula is C32H40AgCl2N14O2S. The first-order valence-corrected chi connectivity index (χ1v) is 17.7. The summed E-state index contributed by atoms with van der Waals surface area (Å²) >= 11 is 11.7. The Morgan fingerprint density at radius 2 is 1.06 bits per heavy atom. The van der Waals surface area contributed by atoms with Gasteiger partial charge in [-0.3, -0.25) is 32.3 Å². The van der Waals surface area contributed by atoms with E-state index in [2.05, 4.69) is 46.6 Å². The van der Waals surface area contributed by atoms with Crippen molar-refractivity contribution in [1.29, 1.82) is 21.6 Å². The van der Waals surface area contributed by atoms with Crippen LogP contribution >= 0.6 is 23.2 Å². The summed E-state index contributed by atoms with van der Waals surface area (Å²) < 4.78 is 26.0. The fourth-order valence-electron chi connectivity index (χ4n) is 3.96. The molecule has 281 valence electrons. The Balaban J connectivity index is 0.000000434. The fraction of sp³-hybridized carbons (Fsp3) is 0.188. The predicted molar refractivity (Wildman–Crippen MR) is 205 cm³/mol. The minimum atomic E-state index is -3.66. The molecule has 1 heterocycles. The largest absolute Gasteiger partial charge is 0.399 e. The number of nitrogen functional groups attached to an aromatic ring is 1. The number of nitrogens with two attached hydrogens (primary N) is 1. The second-order valence-corrected chi connectivity index (χ2v) is 13.1. The Morgan fingerprint density at radius 3 is 1.48 bits per heavy atom. The molecule has 0 amide bonds. The molecule has 0 saturated heterocycles. The number of hydrogen-bond donors (Lipinski definition) is 12. The van der Waals surface area contributed by atoms with E-state index in [0.717, 1.165) is 25.7 Å². The number of nitrogens with zero attached hydrogens (tertiary/aromatic N) is 2. The topological polar surface area (TPSA) is 266 Å². The predicted octanol–water partition coefficient (Wildman–Crippen LogP) is 5.03. The van der Waals surface area contributed by atoms with Gasteiger partial charge in [-0.1, -0.05) is 36.0 Å².